The number of nitrogens with zero attached hydrogens (tertiary/aromatic N) is 1. The van der Waals surface area contributed by atoms with E-state index in [1.807, 2.05) is 0 Å². The van der Waals surface area contributed by atoms with Gasteiger partial charge in [0.05, 0.1) is 15.5 Å². The highest BCUT2D eigenvalue weighted by molar-refractivity contribution is 7.89. The molecule has 148 valence electrons. The molecule has 0 bridgehead atoms. The average Bonchev–Trinajstić information content (AvgIpc) is 3.38. The highest BCUT2D eigenvalue weighted by Gasteiger charge is 2.27. The average molecular weight is 418 g/mol. The molecule has 0 spiro atoms. The van der Waals surface area contributed by atoms with Crippen molar-refractivity contribution in [2.75, 3.05) is 14.1 Å². The second kappa shape index (κ2) is 8.24. The molecule has 0 saturated heterocycles. The van der Waals surface area contributed by atoms with Gasteiger partial charge in [0.2, 0.25) is 10.0 Å². The zero-order valence-corrected chi connectivity index (χ0v) is 16.6. The summed E-state index contributed by atoms with van der Waals surface area (Å²) in [6.07, 6.45) is 0.431. The van der Waals surface area contributed by atoms with Crippen LogP contribution in [-0.2, 0) is 19.6 Å². The van der Waals surface area contributed by atoms with E-state index in [2.05, 4.69) is 10.6 Å². The number of hydrogen-bond acceptors (Lipinski definition) is 6. The predicted octanol–water partition coefficient (Wildman–Crippen LogP) is 1.12. The van der Waals surface area contributed by atoms with E-state index < -0.39 is 34.0 Å². The summed E-state index contributed by atoms with van der Waals surface area (Å²) in [7, 11) is -1.08. The Morgan fingerprint density at radius 3 is 2.44 bits per heavy atom. The number of rotatable bonds is 6. The van der Waals surface area contributed by atoms with Crippen LogP contribution in [0.1, 0.15) is 30.1 Å². The maximum atomic E-state index is 12.3. The Kier molecular flexibility index (Phi) is 6.45. The summed E-state index contributed by atoms with van der Waals surface area (Å²) < 4.78 is 30.4. The lowest BCUT2D eigenvalue weighted by atomic mass is 10.2. The normalized spacial score (nSPS) is 15.1. The maximum Gasteiger partial charge on any atom is 0.340 e. The number of ether oxygens (including phenoxy) is 1. The topological polar surface area (TPSA) is 122 Å². The van der Waals surface area contributed by atoms with Crippen molar-refractivity contribution in [1.82, 2.24) is 14.9 Å². The summed E-state index contributed by atoms with van der Waals surface area (Å²) in [4.78, 5) is 35.7. The van der Waals surface area contributed by atoms with Gasteiger partial charge in [-0.05, 0) is 38.0 Å². The van der Waals surface area contributed by atoms with Crippen molar-refractivity contribution in [3.63, 3.8) is 0 Å². The van der Waals surface area contributed by atoms with E-state index in [9.17, 15) is 22.8 Å². The Balaban J connectivity index is 2.08. The van der Waals surface area contributed by atoms with Crippen LogP contribution in [0.5, 0.6) is 0 Å². The molecule has 1 saturated carbocycles. The quantitative estimate of drug-likeness (QED) is 0.669. The number of sulfonamides is 1. The molecule has 0 aliphatic heterocycles. The summed E-state index contributed by atoms with van der Waals surface area (Å²) >= 11 is 5.96. The van der Waals surface area contributed by atoms with Crippen LogP contribution in [0, 0.1) is 0 Å². The zero-order chi connectivity index (χ0) is 20.4. The highest BCUT2D eigenvalue weighted by atomic mass is 35.5. The largest absolute Gasteiger partial charge is 0.449 e. The number of carbonyl (C=O) groups excluding carboxylic acids is 3. The van der Waals surface area contributed by atoms with Crippen molar-refractivity contribution in [2.45, 2.75) is 36.8 Å². The minimum Gasteiger partial charge on any atom is -0.449 e. The van der Waals surface area contributed by atoms with Gasteiger partial charge in [0, 0.05) is 20.1 Å². The fourth-order valence-corrected chi connectivity index (χ4v) is 3.10. The third-order valence-corrected chi connectivity index (χ3v) is 5.88. The first-order valence-corrected chi connectivity index (χ1v) is 9.88. The monoisotopic (exact) mass is 417 g/mol. The van der Waals surface area contributed by atoms with Crippen LogP contribution in [0.25, 0.3) is 0 Å². The van der Waals surface area contributed by atoms with Gasteiger partial charge in [-0.2, -0.15) is 0 Å². The summed E-state index contributed by atoms with van der Waals surface area (Å²) in [5.41, 5.74) is -0.207. The molecule has 27 heavy (non-hydrogen) atoms. The van der Waals surface area contributed by atoms with Crippen LogP contribution in [-0.4, -0.2) is 56.9 Å². The lowest BCUT2D eigenvalue weighted by molar-refractivity contribution is -0.127. The van der Waals surface area contributed by atoms with Gasteiger partial charge in [0.1, 0.15) is 0 Å². The summed E-state index contributed by atoms with van der Waals surface area (Å²) in [6, 6.07) is 2.98. The number of benzene rings is 1. The van der Waals surface area contributed by atoms with Crippen LogP contribution < -0.4 is 10.6 Å². The third kappa shape index (κ3) is 5.41. The van der Waals surface area contributed by atoms with E-state index in [1.165, 1.54) is 33.2 Å². The second-order valence-electron chi connectivity index (χ2n) is 6.21. The predicted molar refractivity (Wildman–Crippen MR) is 96.9 cm³/mol. The molecule has 2 N–H and O–H groups in total. The SMILES string of the molecule is CC(OC(=O)c1cc(S(=O)(=O)N(C)C)ccc1Cl)C(=O)NC(=O)NC1CC1. The molecule has 3 amide bonds. The molecule has 2 rings (SSSR count). The van der Waals surface area contributed by atoms with E-state index in [0.717, 1.165) is 23.2 Å². The number of nitrogens with one attached hydrogen (secondary N) is 2. The van der Waals surface area contributed by atoms with Crippen LogP contribution in [0.3, 0.4) is 0 Å². The van der Waals surface area contributed by atoms with E-state index in [4.69, 9.17) is 16.3 Å². The first kappa shape index (κ1) is 21.1. The van der Waals surface area contributed by atoms with Crippen LogP contribution in [0.15, 0.2) is 23.1 Å². The first-order valence-electron chi connectivity index (χ1n) is 8.06. The smallest absolute Gasteiger partial charge is 0.340 e. The fraction of sp³-hybridized carbons (Fsp3) is 0.438. The maximum absolute atomic E-state index is 12.3. The molecule has 0 heterocycles. The minimum absolute atomic E-state index is 0.0307. The van der Waals surface area contributed by atoms with Crippen LogP contribution in [0.4, 0.5) is 4.79 Å². The molecule has 0 aromatic heterocycles. The standard InChI is InChI=1S/C16H20ClN3O6S/c1-9(14(21)19-16(23)18-10-4-5-10)26-15(22)12-8-11(6-7-13(12)17)27(24,25)20(2)3/h6-10H,4-5H2,1-3H3,(H2,18,19,21,23). The summed E-state index contributed by atoms with van der Waals surface area (Å²) in [5.74, 6) is -1.80. The molecular weight excluding hydrogens is 398 g/mol. The van der Waals surface area contributed by atoms with Crippen molar-refractivity contribution >= 4 is 39.5 Å². The second-order valence-corrected chi connectivity index (χ2v) is 8.77. The Bertz CT molecular complexity index is 867. The molecular formula is C16H20ClN3O6S. The molecule has 9 nitrogen and oxygen atoms in total. The van der Waals surface area contributed by atoms with Gasteiger partial charge in [-0.3, -0.25) is 10.1 Å². The van der Waals surface area contributed by atoms with Crippen LogP contribution >= 0.6 is 11.6 Å². The number of esters is 1. The Labute approximate surface area is 162 Å². The molecule has 1 fully saturated rings. The van der Waals surface area contributed by atoms with Gasteiger partial charge in [0.25, 0.3) is 5.91 Å². The molecule has 1 aromatic carbocycles. The molecule has 1 aliphatic carbocycles. The van der Waals surface area contributed by atoms with Gasteiger partial charge >= 0.3 is 12.0 Å². The van der Waals surface area contributed by atoms with Crippen molar-refractivity contribution in [2.24, 2.45) is 0 Å². The van der Waals surface area contributed by atoms with Gasteiger partial charge in [-0.1, -0.05) is 11.6 Å². The Morgan fingerprint density at radius 1 is 1.26 bits per heavy atom. The molecule has 1 aliphatic rings. The van der Waals surface area contributed by atoms with Crippen molar-refractivity contribution in [3.05, 3.63) is 28.8 Å². The lowest BCUT2D eigenvalue weighted by Gasteiger charge is -2.15. The number of halogens is 1. The number of carbonyl (C=O) groups is 3. The lowest BCUT2D eigenvalue weighted by Crippen LogP contribution is -2.45. The zero-order valence-electron chi connectivity index (χ0n) is 15.0. The van der Waals surface area contributed by atoms with Gasteiger partial charge < -0.3 is 10.1 Å². The van der Waals surface area contributed by atoms with E-state index >= 15 is 0 Å². The minimum atomic E-state index is -3.78. The number of hydrogen-bond donors (Lipinski definition) is 2. The fourth-order valence-electron chi connectivity index (χ4n) is 1.97. The molecule has 1 atom stereocenters. The van der Waals surface area contributed by atoms with Gasteiger partial charge in [-0.15, -0.1) is 0 Å². The number of amides is 3. The summed E-state index contributed by atoms with van der Waals surface area (Å²) in [6.45, 7) is 1.28. The molecule has 1 unspecified atom stereocenters. The van der Waals surface area contributed by atoms with Crippen molar-refractivity contribution in [3.8, 4) is 0 Å². The Morgan fingerprint density at radius 2 is 1.89 bits per heavy atom. The summed E-state index contributed by atoms with van der Waals surface area (Å²) in [5, 5.41) is 4.61. The van der Waals surface area contributed by atoms with Gasteiger partial charge in [-0.25, -0.2) is 22.3 Å². The van der Waals surface area contributed by atoms with Gasteiger partial charge in [0.15, 0.2) is 6.10 Å². The third-order valence-electron chi connectivity index (χ3n) is 3.74. The van der Waals surface area contributed by atoms with E-state index in [1.54, 1.807) is 0 Å². The molecule has 0 radical (unpaired) electrons. The number of urea groups is 1. The van der Waals surface area contributed by atoms with E-state index in [-0.39, 0.29) is 21.5 Å². The Hall–Kier alpha value is -2.17. The molecule has 11 heteroatoms. The molecule has 1 aromatic rings. The van der Waals surface area contributed by atoms with Crippen molar-refractivity contribution in [1.29, 1.82) is 0 Å². The highest BCUT2D eigenvalue weighted by Crippen LogP contribution is 2.23. The first-order chi connectivity index (χ1) is 12.5. The van der Waals surface area contributed by atoms with Crippen molar-refractivity contribution < 1.29 is 27.5 Å². The number of imide groups is 1. The van der Waals surface area contributed by atoms with E-state index in [0.29, 0.717) is 0 Å². The van der Waals surface area contributed by atoms with Crippen LogP contribution in [0.2, 0.25) is 5.02 Å².